The van der Waals surface area contributed by atoms with Crippen LogP contribution in [0.15, 0.2) is 77.8 Å². The molecule has 0 bridgehead atoms. The molecule has 1 N–H and O–H groups in total. The number of ether oxygens (including phenoxy) is 2. The number of amides is 1. The van der Waals surface area contributed by atoms with Gasteiger partial charge in [0.1, 0.15) is 22.3 Å². The predicted molar refractivity (Wildman–Crippen MR) is 129 cm³/mol. The minimum atomic E-state index is -0.337. The number of nitrogens with zero attached hydrogens (tertiary/aromatic N) is 2. The van der Waals surface area contributed by atoms with Crippen LogP contribution < -0.4 is 14.8 Å². The van der Waals surface area contributed by atoms with Gasteiger partial charge in [-0.3, -0.25) is 4.79 Å². The molecule has 1 aromatic heterocycles. The summed E-state index contributed by atoms with van der Waals surface area (Å²) in [7, 11) is 1.58. The number of thioether (sulfide) groups is 1. The van der Waals surface area contributed by atoms with Crippen LogP contribution in [0.2, 0.25) is 0 Å². The molecule has 0 spiro atoms. The highest BCUT2D eigenvalue weighted by Crippen LogP contribution is 2.40. The van der Waals surface area contributed by atoms with Crippen molar-refractivity contribution in [3.63, 3.8) is 0 Å². The number of rotatable bonds is 6. The fourth-order valence-electron chi connectivity index (χ4n) is 3.60. The van der Waals surface area contributed by atoms with Gasteiger partial charge in [-0.1, -0.05) is 36.0 Å². The maximum absolute atomic E-state index is 13.4. The molecule has 1 aliphatic rings. The molecule has 8 heteroatoms. The molecule has 4 aromatic rings. The highest BCUT2D eigenvalue weighted by atomic mass is 32.2. The number of nitrogens with one attached hydrogen (secondary N) is 1. The third-order valence-corrected chi connectivity index (χ3v) is 6.29. The SMILES string of the molecule is COc1cccc(NC(=O)CSc2nc(-c3ccc(F)cc3)nc3c2Cc2ccccc2O3)c1. The summed E-state index contributed by atoms with van der Waals surface area (Å²) in [5.41, 5.74) is 3.16. The van der Waals surface area contributed by atoms with Crippen molar-refractivity contribution in [2.75, 3.05) is 18.2 Å². The van der Waals surface area contributed by atoms with E-state index in [4.69, 9.17) is 14.5 Å². The van der Waals surface area contributed by atoms with E-state index in [2.05, 4.69) is 10.3 Å². The van der Waals surface area contributed by atoms with Crippen LogP contribution >= 0.6 is 11.8 Å². The Morgan fingerprint density at radius 1 is 1.09 bits per heavy atom. The van der Waals surface area contributed by atoms with E-state index in [1.165, 1.54) is 23.9 Å². The van der Waals surface area contributed by atoms with Crippen LogP contribution in [0, 0.1) is 5.82 Å². The Morgan fingerprint density at radius 2 is 1.91 bits per heavy atom. The molecule has 0 saturated heterocycles. The molecular weight excluding hydrogens is 453 g/mol. The van der Waals surface area contributed by atoms with E-state index >= 15 is 0 Å². The van der Waals surface area contributed by atoms with E-state index in [-0.39, 0.29) is 17.5 Å². The Labute approximate surface area is 200 Å². The molecule has 1 amide bonds. The molecule has 170 valence electrons. The molecule has 0 fully saturated rings. The molecule has 34 heavy (non-hydrogen) atoms. The van der Waals surface area contributed by atoms with Crippen LogP contribution in [0.3, 0.4) is 0 Å². The van der Waals surface area contributed by atoms with E-state index in [9.17, 15) is 9.18 Å². The first-order valence-electron chi connectivity index (χ1n) is 10.6. The monoisotopic (exact) mass is 473 g/mol. The summed E-state index contributed by atoms with van der Waals surface area (Å²) in [6.45, 7) is 0. The fraction of sp³-hybridized carbons (Fsp3) is 0.115. The number of hydrogen-bond acceptors (Lipinski definition) is 6. The molecule has 0 saturated carbocycles. The number of halogens is 1. The van der Waals surface area contributed by atoms with Crippen molar-refractivity contribution in [1.29, 1.82) is 0 Å². The van der Waals surface area contributed by atoms with Gasteiger partial charge in [0.05, 0.1) is 18.4 Å². The molecule has 1 aliphatic heterocycles. The number of aromatic nitrogens is 2. The van der Waals surface area contributed by atoms with Crippen LogP contribution in [0.4, 0.5) is 10.1 Å². The van der Waals surface area contributed by atoms with Crippen molar-refractivity contribution < 1.29 is 18.7 Å². The van der Waals surface area contributed by atoms with Gasteiger partial charge in [-0.15, -0.1) is 0 Å². The van der Waals surface area contributed by atoms with Crippen molar-refractivity contribution in [2.24, 2.45) is 0 Å². The van der Waals surface area contributed by atoms with Crippen LogP contribution in [0.25, 0.3) is 11.4 Å². The summed E-state index contributed by atoms with van der Waals surface area (Å²) in [5, 5.41) is 3.53. The maximum Gasteiger partial charge on any atom is 0.234 e. The number of methoxy groups -OCH3 is 1. The standard InChI is InChI=1S/C26H20FN3O3S/c1-32-20-7-4-6-19(14-20)28-23(31)15-34-26-21-13-17-5-2-3-8-22(17)33-25(21)29-24(30-26)16-9-11-18(27)12-10-16/h2-12,14H,13,15H2,1H3,(H,28,31). The molecule has 6 nitrogen and oxygen atoms in total. The average Bonchev–Trinajstić information content (AvgIpc) is 2.86. The van der Waals surface area contributed by atoms with Crippen molar-refractivity contribution >= 4 is 23.4 Å². The largest absolute Gasteiger partial charge is 0.497 e. The van der Waals surface area contributed by atoms with Crippen LogP contribution in [-0.4, -0.2) is 28.7 Å². The first-order valence-corrected chi connectivity index (χ1v) is 11.6. The minimum absolute atomic E-state index is 0.144. The highest BCUT2D eigenvalue weighted by molar-refractivity contribution is 8.00. The first kappa shape index (κ1) is 21.9. The normalized spacial score (nSPS) is 11.7. The third kappa shape index (κ3) is 4.72. The van der Waals surface area contributed by atoms with Crippen molar-refractivity contribution in [3.8, 4) is 28.8 Å². The highest BCUT2D eigenvalue weighted by Gasteiger charge is 2.24. The lowest BCUT2D eigenvalue weighted by Gasteiger charge is -2.21. The predicted octanol–water partition coefficient (Wildman–Crippen LogP) is 5.72. The van der Waals surface area contributed by atoms with Crippen molar-refractivity contribution in [3.05, 3.63) is 89.7 Å². The Bertz CT molecular complexity index is 1360. The summed E-state index contributed by atoms with van der Waals surface area (Å²) in [4.78, 5) is 22.0. The van der Waals surface area contributed by atoms with Crippen molar-refractivity contribution in [2.45, 2.75) is 11.4 Å². The summed E-state index contributed by atoms with van der Waals surface area (Å²) in [6, 6.07) is 20.9. The second-order valence-electron chi connectivity index (χ2n) is 7.60. The van der Waals surface area contributed by atoms with Gasteiger partial charge in [-0.05, 0) is 48.0 Å². The molecule has 3 aromatic carbocycles. The molecule has 0 radical (unpaired) electrons. The van der Waals surface area contributed by atoms with Gasteiger partial charge >= 0.3 is 0 Å². The van der Waals surface area contributed by atoms with Gasteiger partial charge in [-0.25, -0.2) is 9.37 Å². The minimum Gasteiger partial charge on any atom is -0.497 e. The number of carbonyl (C=O) groups excluding carboxylic acids is 1. The van der Waals surface area contributed by atoms with Crippen LogP contribution in [0.5, 0.6) is 17.4 Å². The van der Waals surface area contributed by atoms with Crippen LogP contribution in [0.1, 0.15) is 11.1 Å². The smallest absolute Gasteiger partial charge is 0.234 e. The Morgan fingerprint density at radius 3 is 2.74 bits per heavy atom. The van der Waals surface area contributed by atoms with E-state index < -0.39 is 0 Å². The van der Waals surface area contributed by atoms with E-state index in [1.54, 1.807) is 31.4 Å². The Hall–Kier alpha value is -3.91. The zero-order valence-corrected chi connectivity index (χ0v) is 19.1. The number of carbonyl (C=O) groups is 1. The van der Waals surface area contributed by atoms with E-state index in [0.717, 1.165) is 16.9 Å². The van der Waals surface area contributed by atoms with Gasteiger partial charge < -0.3 is 14.8 Å². The van der Waals surface area contributed by atoms with Gasteiger partial charge in [0.25, 0.3) is 0 Å². The molecular formula is C26H20FN3O3S. The average molecular weight is 474 g/mol. The number of para-hydroxylation sites is 1. The zero-order valence-electron chi connectivity index (χ0n) is 18.2. The molecule has 0 aliphatic carbocycles. The lowest BCUT2D eigenvalue weighted by molar-refractivity contribution is -0.113. The third-order valence-electron chi connectivity index (χ3n) is 5.27. The van der Waals surface area contributed by atoms with Gasteiger partial charge in [0.2, 0.25) is 11.8 Å². The second-order valence-corrected chi connectivity index (χ2v) is 8.56. The van der Waals surface area contributed by atoms with Crippen molar-refractivity contribution in [1.82, 2.24) is 9.97 Å². The van der Waals surface area contributed by atoms with Gasteiger partial charge in [0, 0.05) is 23.7 Å². The zero-order chi connectivity index (χ0) is 23.5. The number of benzene rings is 3. The molecule has 0 atom stereocenters. The fourth-order valence-corrected chi connectivity index (χ4v) is 4.43. The summed E-state index contributed by atoms with van der Waals surface area (Å²) >= 11 is 1.31. The molecule has 0 unspecified atom stereocenters. The van der Waals surface area contributed by atoms with E-state index in [0.29, 0.717) is 40.2 Å². The number of hydrogen-bond donors (Lipinski definition) is 1. The lowest BCUT2D eigenvalue weighted by atomic mass is 10.0. The van der Waals surface area contributed by atoms with Crippen LogP contribution in [-0.2, 0) is 11.2 Å². The van der Waals surface area contributed by atoms with Gasteiger partial charge in [-0.2, -0.15) is 4.98 Å². The number of anilines is 1. The summed E-state index contributed by atoms with van der Waals surface area (Å²) < 4.78 is 24.7. The van der Waals surface area contributed by atoms with Gasteiger partial charge in [0.15, 0.2) is 5.82 Å². The second kappa shape index (κ2) is 9.52. The van der Waals surface area contributed by atoms with E-state index in [1.807, 2.05) is 36.4 Å². The summed E-state index contributed by atoms with van der Waals surface area (Å²) in [5.74, 6) is 1.89. The Kier molecular flexibility index (Phi) is 6.14. The number of fused-ring (bicyclic) bond motifs is 2. The quantitative estimate of drug-likeness (QED) is 0.251. The first-order chi connectivity index (χ1) is 16.6. The Balaban J connectivity index is 1.42. The molecule has 5 rings (SSSR count). The maximum atomic E-state index is 13.4. The topological polar surface area (TPSA) is 73.3 Å². The lowest BCUT2D eigenvalue weighted by Crippen LogP contribution is -2.15. The summed E-state index contributed by atoms with van der Waals surface area (Å²) in [6.07, 6.45) is 0.592. The molecule has 2 heterocycles.